The van der Waals surface area contributed by atoms with E-state index in [9.17, 15) is 9.59 Å². The maximum absolute atomic E-state index is 12.7. The topological polar surface area (TPSA) is 70.1 Å². The van der Waals surface area contributed by atoms with Crippen LogP contribution >= 0.6 is 12.4 Å². The summed E-state index contributed by atoms with van der Waals surface area (Å²) in [5.41, 5.74) is 1.98. The van der Waals surface area contributed by atoms with Crippen LogP contribution in [-0.4, -0.2) is 46.8 Å². The molecule has 7 heteroatoms. The zero-order valence-electron chi connectivity index (χ0n) is 13.9. The molecule has 1 amide bonds. The largest absolute Gasteiger partial charge is 0.333 e. The van der Waals surface area contributed by atoms with E-state index in [1.54, 1.807) is 0 Å². The van der Waals surface area contributed by atoms with Crippen LogP contribution in [0.3, 0.4) is 0 Å². The number of halogens is 1. The zero-order valence-corrected chi connectivity index (χ0v) is 14.7. The Bertz CT molecular complexity index is 751. The Morgan fingerprint density at radius 2 is 2.04 bits per heavy atom. The summed E-state index contributed by atoms with van der Waals surface area (Å²) in [7, 11) is 1.89. The summed E-state index contributed by atoms with van der Waals surface area (Å²) in [4.78, 5) is 26.7. The number of likely N-dealkylation sites (tertiary alicyclic amines) is 1. The Morgan fingerprint density at radius 3 is 2.71 bits per heavy atom. The highest BCUT2D eigenvalue weighted by Gasteiger charge is 2.30. The van der Waals surface area contributed by atoms with Gasteiger partial charge in [-0.1, -0.05) is 17.7 Å². The van der Waals surface area contributed by atoms with Crippen molar-refractivity contribution in [2.45, 2.75) is 25.8 Å². The minimum Gasteiger partial charge on any atom is -0.333 e. The van der Waals surface area contributed by atoms with Crippen molar-refractivity contribution >= 4 is 18.3 Å². The minimum atomic E-state index is -0.221. The number of aromatic amines is 1. The van der Waals surface area contributed by atoms with Crippen molar-refractivity contribution in [3.05, 3.63) is 51.9 Å². The summed E-state index contributed by atoms with van der Waals surface area (Å²) in [5.74, 6) is -0.106. The molecule has 1 fully saturated rings. The van der Waals surface area contributed by atoms with Gasteiger partial charge in [-0.3, -0.25) is 14.7 Å². The highest BCUT2D eigenvalue weighted by Crippen LogP contribution is 2.19. The first kappa shape index (κ1) is 18.3. The van der Waals surface area contributed by atoms with Crippen LogP contribution in [0.5, 0.6) is 0 Å². The molecule has 1 aromatic carbocycles. The summed E-state index contributed by atoms with van der Waals surface area (Å²) in [6.07, 6.45) is 2.00. The van der Waals surface area contributed by atoms with Gasteiger partial charge in [0.25, 0.3) is 11.5 Å². The van der Waals surface area contributed by atoms with E-state index in [2.05, 4.69) is 10.4 Å². The molecule has 130 valence electrons. The van der Waals surface area contributed by atoms with E-state index in [-0.39, 0.29) is 29.9 Å². The molecule has 1 aromatic heterocycles. The number of nitrogens with one attached hydrogen (secondary N) is 2. The van der Waals surface area contributed by atoms with Crippen molar-refractivity contribution in [3.63, 3.8) is 0 Å². The monoisotopic (exact) mass is 350 g/mol. The Kier molecular flexibility index (Phi) is 5.85. The minimum absolute atomic E-state index is 0. The van der Waals surface area contributed by atoms with E-state index in [4.69, 9.17) is 0 Å². The molecule has 0 spiro atoms. The van der Waals surface area contributed by atoms with Crippen LogP contribution in [0, 0.1) is 6.92 Å². The lowest BCUT2D eigenvalue weighted by Gasteiger charge is -2.23. The third kappa shape index (κ3) is 3.55. The lowest BCUT2D eigenvalue weighted by atomic mass is 10.2. The number of benzene rings is 1. The van der Waals surface area contributed by atoms with E-state index < -0.39 is 0 Å². The molecule has 1 atom stereocenters. The Morgan fingerprint density at radius 1 is 1.33 bits per heavy atom. The third-order valence-corrected chi connectivity index (χ3v) is 4.32. The molecule has 2 N–H and O–H groups in total. The maximum Gasteiger partial charge on any atom is 0.272 e. The number of rotatable bonds is 4. The first-order valence-electron chi connectivity index (χ1n) is 7.95. The lowest BCUT2D eigenvalue weighted by molar-refractivity contribution is 0.0730. The fourth-order valence-electron chi connectivity index (χ4n) is 3.10. The van der Waals surface area contributed by atoms with Gasteiger partial charge in [0.2, 0.25) is 0 Å². The number of carbonyl (C=O) groups is 1. The van der Waals surface area contributed by atoms with Gasteiger partial charge in [0, 0.05) is 25.2 Å². The van der Waals surface area contributed by atoms with Crippen LogP contribution < -0.4 is 10.9 Å². The van der Waals surface area contributed by atoms with E-state index in [1.165, 1.54) is 10.7 Å². The van der Waals surface area contributed by atoms with Crippen molar-refractivity contribution in [2.24, 2.45) is 0 Å². The highest BCUT2D eigenvalue weighted by atomic mass is 35.5. The zero-order chi connectivity index (χ0) is 16.4. The summed E-state index contributed by atoms with van der Waals surface area (Å²) >= 11 is 0. The van der Waals surface area contributed by atoms with Gasteiger partial charge >= 0.3 is 0 Å². The number of nitrogens with zero attached hydrogens (tertiary/aromatic N) is 2. The fourth-order valence-corrected chi connectivity index (χ4v) is 3.10. The van der Waals surface area contributed by atoms with Crippen LogP contribution in [0.2, 0.25) is 0 Å². The lowest BCUT2D eigenvalue weighted by Crippen LogP contribution is -2.41. The normalized spacial score (nSPS) is 16.9. The fraction of sp³-hybridized carbons (Fsp3) is 0.412. The molecule has 1 aliphatic heterocycles. The number of aryl methyl sites for hydroxylation is 1. The average Bonchev–Trinajstić information content (AvgIpc) is 3.15. The number of hydrogen-bond donors (Lipinski definition) is 2. The number of H-pyrrole nitrogens is 1. The van der Waals surface area contributed by atoms with Crippen molar-refractivity contribution in [1.29, 1.82) is 0 Å². The first-order chi connectivity index (χ1) is 11.1. The summed E-state index contributed by atoms with van der Waals surface area (Å²) < 4.78 is 1.41. The molecular formula is C17H23ClN4O2. The molecule has 2 aromatic rings. The SMILES string of the molecule is CNCC1CCCN1C(=O)c1cc(=O)n(-c2ccc(C)cc2)[nH]1.Cl. The van der Waals surface area contributed by atoms with Crippen LogP contribution in [0.25, 0.3) is 5.69 Å². The molecule has 3 rings (SSSR count). The van der Waals surface area contributed by atoms with Gasteiger partial charge in [0.05, 0.1) is 5.69 Å². The second-order valence-electron chi connectivity index (χ2n) is 6.03. The first-order valence-corrected chi connectivity index (χ1v) is 7.95. The quantitative estimate of drug-likeness (QED) is 0.882. The molecule has 0 radical (unpaired) electrons. The van der Waals surface area contributed by atoms with Crippen molar-refractivity contribution in [3.8, 4) is 5.69 Å². The van der Waals surface area contributed by atoms with E-state index >= 15 is 0 Å². The van der Waals surface area contributed by atoms with Gasteiger partial charge < -0.3 is 10.2 Å². The number of carbonyl (C=O) groups excluding carboxylic acids is 1. The third-order valence-electron chi connectivity index (χ3n) is 4.32. The number of aromatic nitrogens is 2. The van der Waals surface area contributed by atoms with Crippen LogP contribution in [0.4, 0.5) is 0 Å². The van der Waals surface area contributed by atoms with Gasteiger partial charge in [-0.25, -0.2) is 4.68 Å². The van der Waals surface area contributed by atoms with Crippen molar-refractivity contribution in [2.75, 3.05) is 20.1 Å². The Hall–Kier alpha value is -2.05. The van der Waals surface area contributed by atoms with Gasteiger partial charge in [-0.05, 0) is 38.9 Å². The molecule has 6 nitrogen and oxygen atoms in total. The molecule has 0 aliphatic carbocycles. The van der Waals surface area contributed by atoms with Crippen LogP contribution in [-0.2, 0) is 0 Å². The smallest absolute Gasteiger partial charge is 0.272 e. The predicted molar refractivity (Wildman–Crippen MR) is 96.4 cm³/mol. The molecule has 2 heterocycles. The molecule has 0 saturated carbocycles. The average molecular weight is 351 g/mol. The van der Waals surface area contributed by atoms with Gasteiger partial charge in [-0.15, -0.1) is 12.4 Å². The number of hydrogen-bond acceptors (Lipinski definition) is 3. The molecular weight excluding hydrogens is 328 g/mol. The molecule has 24 heavy (non-hydrogen) atoms. The number of amides is 1. The standard InChI is InChI=1S/C17H22N4O2.ClH/c1-12-5-7-13(8-6-12)21-16(22)10-15(19-21)17(23)20-9-3-4-14(20)11-18-2;/h5-8,10,14,18-19H,3-4,9,11H2,1-2H3;1H. The summed E-state index contributed by atoms with van der Waals surface area (Å²) in [6, 6.07) is 9.18. The van der Waals surface area contributed by atoms with Gasteiger partial charge in [0.15, 0.2) is 0 Å². The second kappa shape index (κ2) is 7.68. The summed E-state index contributed by atoms with van der Waals surface area (Å²) in [5, 5.41) is 6.07. The number of likely N-dealkylation sites (N-methyl/N-ethyl adjacent to an activating group) is 1. The maximum atomic E-state index is 12.7. The van der Waals surface area contributed by atoms with Crippen molar-refractivity contribution in [1.82, 2.24) is 20.0 Å². The van der Waals surface area contributed by atoms with E-state index in [0.717, 1.165) is 37.2 Å². The Labute approximate surface area is 147 Å². The van der Waals surface area contributed by atoms with Crippen LogP contribution in [0.15, 0.2) is 35.1 Å². The van der Waals surface area contributed by atoms with Gasteiger partial charge in [-0.2, -0.15) is 0 Å². The van der Waals surface area contributed by atoms with E-state index in [1.807, 2.05) is 43.1 Å². The highest BCUT2D eigenvalue weighted by molar-refractivity contribution is 5.92. The Balaban J connectivity index is 0.00000208. The summed E-state index contributed by atoms with van der Waals surface area (Å²) in [6.45, 7) is 3.50. The van der Waals surface area contributed by atoms with E-state index in [0.29, 0.717) is 5.69 Å². The van der Waals surface area contributed by atoms with Crippen LogP contribution in [0.1, 0.15) is 28.9 Å². The molecule has 0 bridgehead atoms. The predicted octanol–water partition coefficient (Wildman–Crippen LogP) is 1.72. The molecule has 1 aliphatic rings. The van der Waals surface area contributed by atoms with Gasteiger partial charge in [0.1, 0.15) is 5.69 Å². The molecule has 1 unspecified atom stereocenters. The molecule has 1 saturated heterocycles. The second-order valence-corrected chi connectivity index (χ2v) is 6.03. The van der Waals surface area contributed by atoms with Crippen molar-refractivity contribution < 1.29 is 4.79 Å².